The summed E-state index contributed by atoms with van der Waals surface area (Å²) in [6.07, 6.45) is 0. The molecule has 1 amide bonds. The first kappa shape index (κ1) is 19.8. The summed E-state index contributed by atoms with van der Waals surface area (Å²) in [5.74, 6) is 2.11. The number of nitrogens with one attached hydrogen (secondary N) is 1. The Balaban J connectivity index is 1.38. The number of carbonyl (C=O) groups excluding carboxylic acids is 1. The highest BCUT2D eigenvalue weighted by molar-refractivity contribution is 6.31. The molecule has 0 aliphatic rings. The minimum atomic E-state index is -0.287. The van der Waals surface area contributed by atoms with E-state index in [-0.39, 0.29) is 24.8 Å². The normalized spacial score (nSPS) is 10.9. The van der Waals surface area contributed by atoms with Crippen molar-refractivity contribution >= 4 is 28.5 Å². The third-order valence-corrected chi connectivity index (χ3v) is 4.66. The summed E-state index contributed by atoms with van der Waals surface area (Å²) >= 11 is 6.00. The third kappa shape index (κ3) is 4.38. The smallest absolute Gasteiger partial charge is 0.276 e. The summed E-state index contributed by atoms with van der Waals surface area (Å²) in [4.78, 5) is 21.8. The maximum atomic E-state index is 12.7. The van der Waals surface area contributed by atoms with Gasteiger partial charge in [-0.3, -0.25) is 4.79 Å². The van der Waals surface area contributed by atoms with Crippen molar-refractivity contribution in [1.29, 1.82) is 0 Å². The van der Waals surface area contributed by atoms with Gasteiger partial charge in [-0.2, -0.15) is 0 Å². The summed E-state index contributed by atoms with van der Waals surface area (Å²) in [6.45, 7) is 0.426. The number of hydrogen-bond donors (Lipinski definition) is 1. The number of amides is 1. The Labute approximate surface area is 177 Å². The molecular weight excluding hydrogens is 408 g/mol. The predicted molar refractivity (Wildman–Crippen MR) is 111 cm³/mol. The van der Waals surface area contributed by atoms with Gasteiger partial charge in [0.15, 0.2) is 11.5 Å². The van der Waals surface area contributed by atoms with Crippen molar-refractivity contribution in [2.45, 2.75) is 13.2 Å². The minimum Gasteiger partial charge on any atom is -0.497 e. The number of methoxy groups -OCH3 is 1. The molecule has 8 nitrogen and oxygen atoms in total. The topological polar surface area (TPSA) is 93.5 Å². The van der Waals surface area contributed by atoms with Gasteiger partial charge in [0, 0.05) is 24.2 Å². The number of imidazole rings is 1. The average molecular weight is 427 g/mol. The molecule has 9 heteroatoms. The highest BCUT2D eigenvalue weighted by Gasteiger charge is 2.19. The number of ether oxygens (including phenoxy) is 2. The lowest BCUT2D eigenvalue weighted by Crippen LogP contribution is -2.27. The second-order valence-corrected chi connectivity index (χ2v) is 7.09. The molecule has 2 aromatic heterocycles. The van der Waals surface area contributed by atoms with Crippen LogP contribution in [0.1, 0.15) is 22.1 Å². The lowest BCUT2D eigenvalue weighted by molar-refractivity contribution is 0.0771. The van der Waals surface area contributed by atoms with Crippen molar-refractivity contribution in [2.75, 3.05) is 14.2 Å². The largest absolute Gasteiger partial charge is 0.497 e. The van der Waals surface area contributed by atoms with E-state index in [9.17, 15) is 4.79 Å². The second kappa shape index (κ2) is 8.46. The van der Waals surface area contributed by atoms with Gasteiger partial charge in [0.1, 0.15) is 23.9 Å². The number of H-pyrrole nitrogens is 1. The van der Waals surface area contributed by atoms with E-state index in [1.165, 1.54) is 4.90 Å². The third-order valence-electron chi connectivity index (χ3n) is 4.43. The zero-order valence-corrected chi connectivity index (χ0v) is 17.1. The van der Waals surface area contributed by atoms with Gasteiger partial charge in [-0.15, -0.1) is 0 Å². The van der Waals surface area contributed by atoms with E-state index >= 15 is 0 Å². The van der Waals surface area contributed by atoms with Gasteiger partial charge in [-0.25, -0.2) is 4.98 Å². The van der Waals surface area contributed by atoms with Crippen molar-refractivity contribution in [3.05, 3.63) is 70.8 Å². The summed E-state index contributed by atoms with van der Waals surface area (Å²) in [6, 6.07) is 14.2. The summed E-state index contributed by atoms with van der Waals surface area (Å²) in [5, 5.41) is 4.48. The van der Waals surface area contributed by atoms with Gasteiger partial charge in [0.2, 0.25) is 0 Å². The second-order valence-electron chi connectivity index (χ2n) is 6.65. The molecule has 2 aromatic carbocycles. The average Bonchev–Trinajstić information content (AvgIpc) is 3.38. The SMILES string of the molecule is COc1cccc(OCc2cc(C(=O)N(C)Cc3nc4ccc(Cl)cc4[nH]3)no2)c1. The molecule has 0 atom stereocenters. The van der Waals surface area contributed by atoms with Gasteiger partial charge in [0.25, 0.3) is 5.91 Å². The molecule has 4 aromatic rings. The zero-order chi connectivity index (χ0) is 21.1. The van der Waals surface area contributed by atoms with Crippen LogP contribution in [0.15, 0.2) is 53.1 Å². The molecular formula is C21H19ClN4O4. The predicted octanol–water partition coefficient (Wildman–Crippen LogP) is 4.06. The van der Waals surface area contributed by atoms with Gasteiger partial charge in [-0.1, -0.05) is 22.8 Å². The Bertz CT molecular complexity index is 1190. The standard InChI is InChI=1S/C21H19ClN4O4/c1-26(11-20-23-17-7-6-13(22)8-18(17)24-20)21(27)19-10-16(30-25-19)12-29-15-5-3-4-14(9-15)28-2/h3-10H,11-12H2,1-2H3,(H,23,24). The monoisotopic (exact) mass is 426 g/mol. The Kier molecular flexibility index (Phi) is 5.58. The van der Waals surface area contributed by atoms with E-state index in [0.717, 1.165) is 11.0 Å². The van der Waals surface area contributed by atoms with Crippen LogP contribution in [0.4, 0.5) is 0 Å². The number of hydrogen-bond acceptors (Lipinski definition) is 6. The van der Waals surface area contributed by atoms with Crippen molar-refractivity contribution in [3.63, 3.8) is 0 Å². The van der Waals surface area contributed by atoms with Crippen molar-refractivity contribution < 1.29 is 18.8 Å². The first-order valence-corrected chi connectivity index (χ1v) is 9.51. The molecule has 0 unspecified atom stereocenters. The Morgan fingerprint density at radius 1 is 1.20 bits per heavy atom. The number of rotatable bonds is 7. The van der Waals surface area contributed by atoms with Crippen LogP contribution >= 0.6 is 11.6 Å². The summed E-state index contributed by atoms with van der Waals surface area (Å²) in [5.41, 5.74) is 1.80. The number of aromatic amines is 1. The fourth-order valence-corrected chi connectivity index (χ4v) is 3.10. The molecule has 4 rings (SSSR count). The van der Waals surface area contributed by atoms with Crippen LogP contribution in [-0.4, -0.2) is 40.1 Å². The van der Waals surface area contributed by atoms with Crippen LogP contribution < -0.4 is 9.47 Å². The molecule has 0 fully saturated rings. The molecule has 0 bridgehead atoms. The van der Waals surface area contributed by atoms with E-state index in [2.05, 4.69) is 15.1 Å². The number of carbonyl (C=O) groups is 1. The van der Waals surface area contributed by atoms with E-state index in [1.807, 2.05) is 18.2 Å². The Morgan fingerprint density at radius 2 is 2.03 bits per heavy atom. The maximum Gasteiger partial charge on any atom is 0.276 e. The Morgan fingerprint density at radius 3 is 2.87 bits per heavy atom. The summed E-state index contributed by atoms with van der Waals surface area (Å²) in [7, 11) is 3.26. The number of halogens is 1. The quantitative estimate of drug-likeness (QED) is 0.479. The van der Waals surface area contributed by atoms with Crippen molar-refractivity contribution in [2.24, 2.45) is 0 Å². The first-order chi connectivity index (χ1) is 14.5. The molecule has 154 valence electrons. The van der Waals surface area contributed by atoms with Gasteiger partial charge < -0.3 is 23.9 Å². The lowest BCUT2D eigenvalue weighted by Gasteiger charge is -2.13. The van der Waals surface area contributed by atoms with Gasteiger partial charge >= 0.3 is 0 Å². The molecule has 0 saturated carbocycles. The molecule has 0 spiro atoms. The highest BCUT2D eigenvalue weighted by atomic mass is 35.5. The molecule has 0 aliphatic carbocycles. The van der Waals surface area contributed by atoms with E-state index in [0.29, 0.717) is 28.1 Å². The number of nitrogens with zero attached hydrogens (tertiary/aromatic N) is 3. The van der Waals surface area contributed by atoms with E-state index in [1.54, 1.807) is 44.5 Å². The molecule has 2 heterocycles. The number of benzene rings is 2. The highest BCUT2D eigenvalue weighted by Crippen LogP contribution is 2.21. The first-order valence-electron chi connectivity index (χ1n) is 9.14. The fraction of sp³-hybridized carbons (Fsp3) is 0.190. The van der Waals surface area contributed by atoms with Gasteiger partial charge in [-0.05, 0) is 30.3 Å². The van der Waals surface area contributed by atoms with E-state index in [4.69, 9.17) is 25.6 Å². The van der Waals surface area contributed by atoms with Crippen molar-refractivity contribution in [1.82, 2.24) is 20.0 Å². The van der Waals surface area contributed by atoms with Crippen LogP contribution in [0.5, 0.6) is 11.5 Å². The molecule has 1 N–H and O–H groups in total. The molecule has 0 aliphatic heterocycles. The number of aromatic nitrogens is 3. The van der Waals surface area contributed by atoms with Crippen molar-refractivity contribution in [3.8, 4) is 11.5 Å². The lowest BCUT2D eigenvalue weighted by atomic mass is 10.3. The van der Waals surface area contributed by atoms with E-state index < -0.39 is 0 Å². The molecule has 30 heavy (non-hydrogen) atoms. The molecule has 0 radical (unpaired) electrons. The van der Waals surface area contributed by atoms with Crippen LogP contribution in [0.3, 0.4) is 0 Å². The van der Waals surface area contributed by atoms with Gasteiger partial charge in [0.05, 0.1) is 24.7 Å². The zero-order valence-electron chi connectivity index (χ0n) is 16.4. The Hall–Kier alpha value is -3.52. The minimum absolute atomic E-state index is 0.140. The maximum absolute atomic E-state index is 12.7. The fourth-order valence-electron chi connectivity index (χ4n) is 2.93. The molecule has 0 saturated heterocycles. The summed E-state index contributed by atoms with van der Waals surface area (Å²) < 4.78 is 16.1. The van der Waals surface area contributed by atoms with Crippen LogP contribution in [0.2, 0.25) is 5.02 Å². The van der Waals surface area contributed by atoms with Crippen LogP contribution in [-0.2, 0) is 13.2 Å². The van der Waals surface area contributed by atoms with Crippen LogP contribution in [0, 0.1) is 0 Å². The van der Waals surface area contributed by atoms with Crippen LogP contribution in [0.25, 0.3) is 11.0 Å². The number of fused-ring (bicyclic) bond motifs is 1.